The predicted octanol–water partition coefficient (Wildman–Crippen LogP) is 4.87. The van der Waals surface area contributed by atoms with E-state index in [1.807, 2.05) is 52.2 Å². The van der Waals surface area contributed by atoms with Gasteiger partial charge in [-0.1, -0.05) is 52.8 Å². The normalized spacial score (nSPS) is 28.6. The van der Waals surface area contributed by atoms with E-state index in [2.05, 4.69) is 55.1 Å². The Kier molecular flexibility index (Phi) is 14.9. The lowest BCUT2D eigenvalue weighted by Crippen LogP contribution is -2.62. The molecule has 5 rings (SSSR count). The molecule has 2 amide bonds. The third kappa shape index (κ3) is 10.2. The van der Waals surface area contributed by atoms with Crippen LogP contribution in [0.15, 0.2) is 41.4 Å². The van der Waals surface area contributed by atoms with Crippen LogP contribution in [0.2, 0.25) is 0 Å². The SMILES string of the molecule is CCN=C(C)C=C(C=CC(=O)N[C@@H](CC(C)C)CN(C)C)c1cccc(CN2O[C@@H](CO)[C@@H]([C@H](C)O)[C@H]2C(=O)N[C@H]2C[C@H]3C[C@@H]([C@@H]2C)C3(C)C)c1OC. The van der Waals surface area contributed by atoms with Crippen molar-refractivity contribution in [1.29, 1.82) is 0 Å². The number of carbonyl (C=O) groups excluding carboxylic acids is 2. The zero-order valence-electron chi connectivity index (χ0n) is 34.1. The Bertz CT molecular complexity index is 1490. The topological polar surface area (TPSA) is 136 Å². The number of fused-ring (bicyclic) bond motifs is 2. The highest BCUT2D eigenvalue weighted by atomic mass is 16.7. The Balaban J connectivity index is 1.64. The largest absolute Gasteiger partial charge is 0.496 e. The summed E-state index contributed by atoms with van der Waals surface area (Å²) in [5.41, 5.74) is 3.31. The minimum Gasteiger partial charge on any atom is -0.496 e. The Morgan fingerprint density at radius 3 is 2.47 bits per heavy atom. The van der Waals surface area contributed by atoms with E-state index in [9.17, 15) is 19.8 Å². The molecule has 0 unspecified atom stereocenters. The number of likely N-dealkylation sites (N-methyl/N-ethyl adjacent to an activating group) is 1. The summed E-state index contributed by atoms with van der Waals surface area (Å²) in [5.74, 6) is 1.42. The van der Waals surface area contributed by atoms with Gasteiger partial charge in [0.15, 0.2) is 0 Å². The fraction of sp³-hybridized carbons (Fsp3) is 0.690. The van der Waals surface area contributed by atoms with Crippen LogP contribution in [0.1, 0.15) is 85.8 Å². The van der Waals surface area contributed by atoms with Crippen LogP contribution >= 0.6 is 0 Å². The van der Waals surface area contributed by atoms with E-state index < -0.39 is 24.2 Å². The number of benzene rings is 1. The second kappa shape index (κ2) is 18.5. The standard InChI is InChI=1S/C42H67N5O6/c1-12-43-26(4)19-29(16-17-37(50)44-32(18-25(2)3)23-46(9)10)33-15-13-14-30(40(33)52-11)22-47-39(38(28(6)49)36(24-48)53-47)41(51)45-35-21-31-20-34(27(35)5)42(31,7)8/h13-17,19,25,27-28,31-32,34-36,38-39,48-49H,12,18,20-24H2,1-11H3,(H,44,50)(H,45,51)/t27-,28-,31+,32-,34-,35-,36-,38+,39-/m0/s1. The Morgan fingerprint density at radius 2 is 1.91 bits per heavy atom. The molecule has 11 nitrogen and oxygen atoms in total. The maximum absolute atomic E-state index is 14.2. The van der Waals surface area contributed by atoms with Gasteiger partial charge in [0.25, 0.3) is 0 Å². The second-order valence-corrected chi connectivity index (χ2v) is 16.9. The van der Waals surface area contributed by atoms with Gasteiger partial charge in [0.2, 0.25) is 11.8 Å². The van der Waals surface area contributed by atoms with Crippen molar-refractivity contribution < 1.29 is 29.4 Å². The number of amides is 2. The van der Waals surface area contributed by atoms with E-state index >= 15 is 0 Å². The number of nitrogens with one attached hydrogen (secondary N) is 2. The molecule has 1 aromatic rings. The number of aliphatic hydroxyl groups is 2. The molecule has 0 radical (unpaired) electrons. The molecule has 4 aliphatic rings. The van der Waals surface area contributed by atoms with Gasteiger partial charge in [-0.2, -0.15) is 5.06 Å². The molecule has 4 fully saturated rings. The number of para-hydroxylation sites is 1. The Morgan fingerprint density at radius 1 is 1.19 bits per heavy atom. The van der Waals surface area contributed by atoms with E-state index in [1.165, 1.54) is 6.42 Å². The first-order chi connectivity index (χ1) is 25.0. The first-order valence-corrected chi connectivity index (χ1v) is 19.6. The number of methoxy groups -OCH3 is 1. The van der Waals surface area contributed by atoms with E-state index in [4.69, 9.17) is 9.57 Å². The van der Waals surface area contributed by atoms with Crippen molar-refractivity contribution in [2.45, 2.75) is 112 Å². The Labute approximate surface area is 318 Å². The Hall–Kier alpha value is -3.09. The summed E-state index contributed by atoms with van der Waals surface area (Å²) in [7, 11) is 5.60. The lowest BCUT2D eigenvalue weighted by Gasteiger charge is -2.62. The number of allylic oxidation sites excluding steroid dienone is 3. The van der Waals surface area contributed by atoms with Crippen LogP contribution in [0.4, 0.5) is 0 Å². The van der Waals surface area contributed by atoms with Gasteiger partial charge in [0.1, 0.15) is 17.9 Å². The van der Waals surface area contributed by atoms with Crippen LogP contribution in [0.5, 0.6) is 5.75 Å². The molecule has 1 aliphatic heterocycles. The maximum atomic E-state index is 14.2. The molecule has 0 aromatic heterocycles. The highest BCUT2D eigenvalue weighted by Crippen LogP contribution is 2.61. The average Bonchev–Trinajstić information content (AvgIpc) is 3.45. The summed E-state index contributed by atoms with van der Waals surface area (Å²) in [4.78, 5) is 40.4. The molecule has 53 heavy (non-hydrogen) atoms. The summed E-state index contributed by atoms with van der Waals surface area (Å²) in [6.07, 6.45) is 6.62. The van der Waals surface area contributed by atoms with Gasteiger partial charge in [-0.15, -0.1) is 0 Å². The molecule has 1 aromatic carbocycles. The van der Waals surface area contributed by atoms with Gasteiger partial charge in [-0.25, -0.2) is 0 Å². The molecule has 296 valence electrons. The zero-order chi connectivity index (χ0) is 39.2. The zero-order valence-corrected chi connectivity index (χ0v) is 34.1. The summed E-state index contributed by atoms with van der Waals surface area (Å²) >= 11 is 0. The van der Waals surface area contributed by atoms with Crippen molar-refractivity contribution in [1.82, 2.24) is 20.6 Å². The lowest BCUT2D eigenvalue weighted by atomic mass is 9.45. The van der Waals surface area contributed by atoms with Crippen molar-refractivity contribution in [3.63, 3.8) is 0 Å². The first kappa shape index (κ1) is 42.6. The number of hydroxylamine groups is 2. The number of aliphatic imine (C=N–C) groups is 1. The first-order valence-electron chi connectivity index (χ1n) is 19.6. The van der Waals surface area contributed by atoms with Gasteiger partial charge in [-0.05, 0) is 101 Å². The van der Waals surface area contributed by atoms with E-state index in [1.54, 1.807) is 31.2 Å². The number of nitrogens with zero attached hydrogens (tertiary/aromatic N) is 3. The fourth-order valence-electron chi connectivity index (χ4n) is 9.17. The van der Waals surface area contributed by atoms with Gasteiger partial charge in [0.05, 0.1) is 26.4 Å². The molecule has 3 aliphatic carbocycles. The van der Waals surface area contributed by atoms with Crippen molar-refractivity contribution in [3.8, 4) is 5.75 Å². The third-order valence-electron chi connectivity index (χ3n) is 11.9. The summed E-state index contributed by atoms with van der Waals surface area (Å²) in [6, 6.07) is 4.98. The summed E-state index contributed by atoms with van der Waals surface area (Å²) < 4.78 is 6.06. The number of hydrogen-bond acceptors (Lipinski definition) is 9. The van der Waals surface area contributed by atoms with Crippen molar-refractivity contribution >= 4 is 23.1 Å². The second-order valence-electron chi connectivity index (χ2n) is 16.9. The highest BCUT2D eigenvalue weighted by molar-refractivity contribution is 6.03. The van der Waals surface area contributed by atoms with E-state index in [0.29, 0.717) is 36.0 Å². The average molecular weight is 738 g/mol. The molecule has 11 heteroatoms. The number of rotatable bonds is 17. The molecule has 0 spiro atoms. The fourth-order valence-corrected chi connectivity index (χ4v) is 9.17. The highest BCUT2D eigenvalue weighted by Gasteiger charge is 2.57. The molecule has 9 atom stereocenters. The minimum atomic E-state index is -0.901. The maximum Gasteiger partial charge on any atom is 0.244 e. The van der Waals surface area contributed by atoms with Crippen molar-refractivity contribution in [2.24, 2.45) is 40.0 Å². The smallest absolute Gasteiger partial charge is 0.244 e. The van der Waals surface area contributed by atoms with Crippen LogP contribution in [0.3, 0.4) is 0 Å². The van der Waals surface area contributed by atoms with E-state index in [0.717, 1.165) is 41.8 Å². The molecular formula is C42H67N5O6. The molecule has 1 heterocycles. The number of ether oxygens (including phenoxy) is 1. The van der Waals surface area contributed by atoms with Crippen molar-refractivity contribution in [2.75, 3.05) is 40.9 Å². The summed E-state index contributed by atoms with van der Waals surface area (Å²) in [5, 5.41) is 29.4. The van der Waals surface area contributed by atoms with Gasteiger partial charge in [0, 0.05) is 54.0 Å². The quantitative estimate of drug-likeness (QED) is 0.101. The third-order valence-corrected chi connectivity index (χ3v) is 11.9. The number of hydrogen-bond donors (Lipinski definition) is 4. The van der Waals surface area contributed by atoms with Crippen LogP contribution < -0.4 is 15.4 Å². The molecular weight excluding hydrogens is 670 g/mol. The van der Waals surface area contributed by atoms with Crippen LogP contribution in [0.25, 0.3) is 5.57 Å². The lowest BCUT2D eigenvalue weighted by molar-refractivity contribution is -0.183. The number of aliphatic hydroxyl groups excluding tert-OH is 2. The van der Waals surface area contributed by atoms with Crippen LogP contribution in [-0.2, 0) is 21.0 Å². The van der Waals surface area contributed by atoms with Gasteiger partial charge in [-0.3, -0.25) is 19.4 Å². The molecule has 2 bridgehead atoms. The van der Waals surface area contributed by atoms with Crippen LogP contribution in [0, 0.1) is 35.0 Å². The monoisotopic (exact) mass is 738 g/mol. The number of carbonyl (C=O) groups is 2. The van der Waals surface area contributed by atoms with Gasteiger partial charge >= 0.3 is 0 Å². The summed E-state index contributed by atoms with van der Waals surface area (Å²) in [6.45, 7) is 17.9. The van der Waals surface area contributed by atoms with E-state index in [-0.39, 0.29) is 42.5 Å². The van der Waals surface area contributed by atoms with Crippen LogP contribution in [-0.4, -0.2) is 109 Å². The molecule has 4 N–H and O–H groups in total. The molecule has 3 saturated carbocycles. The predicted molar refractivity (Wildman–Crippen MR) is 211 cm³/mol. The van der Waals surface area contributed by atoms with Gasteiger partial charge < -0.3 is 30.5 Å². The van der Waals surface area contributed by atoms with Crippen molar-refractivity contribution in [3.05, 3.63) is 47.6 Å². The minimum absolute atomic E-state index is 0.00788. The molecule has 1 saturated heterocycles.